The molecular formula is C10H12ClNO. The first-order chi connectivity index (χ1) is 6.24. The molecule has 1 rings (SSSR count). The molecule has 0 aromatic heterocycles. The zero-order valence-electron chi connectivity index (χ0n) is 7.29. The number of benzene rings is 1. The maximum absolute atomic E-state index is 5.57. The highest BCUT2D eigenvalue weighted by atomic mass is 35.5. The summed E-state index contributed by atoms with van der Waals surface area (Å²) >= 11 is 5.57. The molecule has 0 amide bonds. The lowest BCUT2D eigenvalue weighted by Gasteiger charge is -2.08. The van der Waals surface area contributed by atoms with E-state index >= 15 is 0 Å². The summed E-state index contributed by atoms with van der Waals surface area (Å²) in [6, 6.07) is 7.60. The van der Waals surface area contributed by atoms with Crippen LogP contribution in [0.15, 0.2) is 35.9 Å². The van der Waals surface area contributed by atoms with Crippen LogP contribution in [0, 0.1) is 0 Å². The Labute approximate surface area is 83.0 Å². The molecule has 0 saturated carbocycles. The van der Waals surface area contributed by atoms with E-state index in [-0.39, 0.29) is 0 Å². The van der Waals surface area contributed by atoms with E-state index < -0.39 is 0 Å². The third-order valence-electron chi connectivity index (χ3n) is 1.58. The van der Waals surface area contributed by atoms with E-state index in [0.29, 0.717) is 18.2 Å². The quantitative estimate of drug-likeness (QED) is 0.804. The minimum Gasteiger partial charge on any atom is -0.488 e. The fourth-order valence-electron chi connectivity index (χ4n) is 0.969. The van der Waals surface area contributed by atoms with Crippen LogP contribution >= 0.6 is 11.6 Å². The normalized spacial score (nSPS) is 9.69. The number of hydrogen-bond acceptors (Lipinski definition) is 2. The second-order valence-corrected chi connectivity index (χ2v) is 3.15. The molecule has 0 aliphatic heterocycles. The number of rotatable bonds is 4. The van der Waals surface area contributed by atoms with Gasteiger partial charge in [-0.05, 0) is 6.07 Å². The maximum atomic E-state index is 5.57. The molecule has 0 aliphatic rings. The molecule has 0 fully saturated rings. The van der Waals surface area contributed by atoms with Gasteiger partial charge in [0.2, 0.25) is 0 Å². The van der Waals surface area contributed by atoms with Crippen LogP contribution in [0.2, 0.25) is 0 Å². The van der Waals surface area contributed by atoms with Gasteiger partial charge in [0.25, 0.3) is 0 Å². The van der Waals surface area contributed by atoms with Gasteiger partial charge in [-0.25, -0.2) is 0 Å². The number of hydrogen-bond donors (Lipinski definition) is 1. The molecule has 0 saturated heterocycles. The van der Waals surface area contributed by atoms with Gasteiger partial charge in [-0.2, -0.15) is 0 Å². The summed E-state index contributed by atoms with van der Waals surface area (Å²) in [6.45, 7) is 4.32. The largest absolute Gasteiger partial charge is 0.488 e. The van der Waals surface area contributed by atoms with Crippen LogP contribution in [0.4, 0.5) is 0 Å². The SMILES string of the molecule is C=C(Cl)COc1ccccc1CN. The van der Waals surface area contributed by atoms with Gasteiger partial charge in [-0.15, -0.1) is 0 Å². The van der Waals surface area contributed by atoms with Gasteiger partial charge in [0.15, 0.2) is 0 Å². The van der Waals surface area contributed by atoms with E-state index in [1.54, 1.807) is 0 Å². The monoisotopic (exact) mass is 197 g/mol. The van der Waals surface area contributed by atoms with E-state index in [1.807, 2.05) is 24.3 Å². The van der Waals surface area contributed by atoms with Crippen molar-refractivity contribution in [2.24, 2.45) is 5.73 Å². The molecule has 1 aromatic rings. The molecule has 13 heavy (non-hydrogen) atoms. The van der Waals surface area contributed by atoms with Crippen molar-refractivity contribution >= 4 is 11.6 Å². The lowest BCUT2D eigenvalue weighted by atomic mass is 10.2. The molecule has 0 heterocycles. The van der Waals surface area contributed by atoms with Gasteiger partial charge in [0.05, 0.1) is 0 Å². The average Bonchev–Trinajstić information content (AvgIpc) is 2.15. The lowest BCUT2D eigenvalue weighted by Crippen LogP contribution is -2.03. The van der Waals surface area contributed by atoms with Gasteiger partial charge in [-0.3, -0.25) is 0 Å². The predicted octanol–water partition coefficient (Wildman–Crippen LogP) is 2.28. The first kappa shape index (κ1) is 10.1. The van der Waals surface area contributed by atoms with Crippen molar-refractivity contribution in [1.29, 1.82) is 0 Å². The zero-order valence-corrected chi connectivity index (χ0v) is 8.05. The number of ether oxygens (including phenoxy) is 1. The van der Waals surface area contributed by atoms with Crippen LogP contribution < -0.4 is 10.5 Å². The van der Waals surface area contributed by atoms with Crippen molar-refractivity contribution in [3.8, 4) is 5.75 Å². The average molecular weight is 198 g/mol. The zero-order chi connectivity index (χ0) is 9.68. The molecule has 0 atom stereocenters. The summed E-state index contributed by atoms with van der Waals surface area (Å²) in [5, 5.41) is 0.479. The molecule has 0 bridgehead atoms. The molecule has 1 aromatic carbocycles. The van der Waals surface area contributed by atoms with Crippen LogP contribution in [0.5, 0.6) is 5.75 Å². The Balaban J connectivity index is 2.69. The van der Waals surface area contributed by atoms with Crippen molar-refractivity contribution in [3.05, 3.63) is 41.4 Å². The van der Waals surface area contributed by atoms with E-state index in [1.165, 1.54) is 0 Å². The summed E-state index contributed by atoms with van der Waals surface area (Å²) in [5.74, 6) is 0.770. The summed E-state index contributed by atoms with van der Waals surface area (Å²) in [5.41, 5.74) is 6.49. The van der Waals surface area contributed by atoms with Crippen molar-refractivity contribution < 1.29 is 4.74 Å². The van der Waals surface area contributed by atoms with Crippen LogP contribution in [0.1, 0.15) is 5.56 Å². The molecule has 3 heteroatoms. The van der Waals surface area contributed by atoms with Crippen LogP contribution in [-0.4, -0.2) is 6.61 Å². The predicted molar refractivity (Wildman–Crippen MR) is 54.8 cm³/mol. The Hall–Kier alpha value is -0.990. The third-order valence-corrected chi connectivity index (χ3v) is 1.69. The van der Waals surface area contributed by atoms with Gasteiger partial charge in [0, 0.05) is 17.1 Å². The summed E-state index contributed by atoms with van der Waals surface area (Å²) in [6.07, 6.45) is 0. The Kier molecular flexibility index (Phi) is 3.80. The molecule has 0 unspecified atom stereocenters. The first-order valence-corrected chi connectivity index (χ1v) is 4.36. The summed E-state index contributed by atoms with van der Waals surface area (Å²) in [7, 11) is 0. The van der Waals surface area contributed by atoms with Gasteiger partial charge < -0.3 is 10.5 Å². The van der Waals surface area contributed by atoms with E-state index in [0.717, 1.165) is 11.3 Å². The smallest absolute Gasteiger partial charge is 0.124 e. The standard InChI is InChI=1S/C10H12ClNO/c1-8(11)7-13-10-5-3-2-4-9(10)6-12/h2-5H,1,6-7,12H2. The highest BCUT2D eigenvalue weighted by molar-refractivity contribution is 6.29. The summed E-state index contributed by atoms with van der Waals surface area (Å²) in [4.78, 5) is 0. The van der Waals surface area contributed by atoms with E-state index in [2.05, 4.69) is 6.58 Å². The molecule has 0 spiro atoms. The minimum absolute atomic E-state index is 0.318. The van der Waals surface area contributed by atoms with Gasteiger partial charge in [-0.1, -0.05) is 36.4 Å². The van der Waals surface area contributed by atoms with Crippen LogP contribution in [-0.2, 0) is 6.54 Å². The van der Waals surface area contributed by atoms with Gasteiger partial charge >= 0.3 is 0 Å². The number of para-hydroxylation sites is 1. The molecular weight excluding hydrogens is 186 g/mol. The second kappa shape index (κ2) is 4.90. The highest BCUT2D eigenvalue weighted by Crippen LogP contribution is 2.17. The first-order valence-electron chi connectivity index (χ1n) is 3.98. The van der Waals surface area contributed by atoms with Crippen LogP contribution in [0.25, 0.3) is 0 Å². The van der Waals surface area contributed by atoms with Crippen molar-refractivity contribution in [2.45, 2.75) is 6.54 Å². The van der Waals surface area contributed by atoms with Crippen LogP contribution in [0.3, 0.4) is 0 Å². The fourth-order valence-corrected chi connectivity index (χ4v) is 1.02. The fraction of sp³-hybridized carbons (Fsp3) is 0.200. The van der Waals surface area contributed by atoms with E-state index in [4.69, 9.17) is 22.1 Å². The Bertz CT molecular complexity index is 299. The highest BCUT2D eigenvalue weighted by Gasteiger charge is 2.00. The summed E-state index contributed by atoms with van der Waals surface area (Å²) < 4.78 is 5.38. The molecule has 0 radical (unpaired) electrons. The van der Waals surface area contributed by atoms with E-state index in [9.17, 15) is 0 Å². The molecule has 2 nitrogen and oxygen atoms in total. The Morgan fingerprint density at radius 3 is 2.77 bits per heavy atom. The number of nitrogens with two attached hydrogens (primary N) is 1. The van der Waals surface area contributed by atoms with Gasteiger partial charge in [0.1, 0.15) is 12.4 Å². The van der Waals surface area contributed by atoms with Crippen molar-refractivity contribution in [3.63, 3.8) is 0 Å². The van der Waals surface area contributed by atoms with Crippen molar-refractivity contribution in [1.82, 2.24) is 0 Å². The molecule has 2 N–H and O–H groups in total. The lowest BCUT2D eigenvalue weighted by molar-refractivity contribution is 0.355. The topological polar surface area (TPSA) is 35.2 Å². The maximum Gasteiger partial charge on any atom is 0.124 e. The molecule has 0 aliphatic carbocycles. The third kappa shape index (κ3) is 3.09. The Morgan fingerprint density at radius 2 is 2.15 bits per heavy atom. The molecule has 70 valence electrons. The minimum atomic E-state index is 0.318. The second-order valence-electron chi connectivity index (χ2n) is 2.62. The van der Waals surface area contributed by atoms with Crippen molar-refractivity contribution in [2.75, 3.05) is 6.61 Å². The number of halogens is 1. The Morgan fingerprint density at radius 1 is 1.46 bits per heavy atom.